The number of aromatic nitrogens is 4. The Morgan fingerprint density at radius 2 is 1.50 bits per heavy atom. The first-order valence-corrected chi connectivity index (χ1v) is 10.3. The molecule has 1 saturated heterocycles. The Bertz CT molecular complexity index is 1190. The molecule has 154 valence electrons. The van der Waals surface area contributed by atoms with Gasteiger partial charge in [0.25, 0.3) is 0 Å². The van der Waals surface area contributed by atoms with E-state index in [1.165, 1.54) is 5.56 Å². The molecule has 1 aliphatic rings. The fourth-order valence-corrected chi connectivity index (χ4v) is 4.36. The fourth-order valence-electron chi connectivity index (χ4n) is 4.36. The van der Waals surface area contributed by atoms with Crippen molar-refractivity contribution in [1.29, 1.82) is 0 Å². The van der Waals surface area contributed by atoms with Crippen molar-refractivity contribution >= 4 is 22.7 Å². The molecule has 0 spiro atoms. The van der Waals surface area contributed by atoms with Crippen LogP contribution in [-0.4, -0.2) is 52.6 Å². The monoisotopic (exact) mass is 402 g/mol. The van der Waals surface area contributed by atoms with Gasteiger partial charge in [-0.05, 0) is 30.7 Å². The van der Waals surface area contributed by atoms with Gasteiger partial charge in [-0.1, -0.05) is 30.3 Å². The van der Waals surface area contributed by atoms with Gasteiger partial charge in [-0.25, -0.2) is 14.6 Å². The second-order valence-corrected chi connectivity index (χ2v) is 7.64. The summed E-state index contributed by atoms with van der Waals surface area (Å²) in [5, 5.41) is 0. The summed E-state index contributed by atoms with van der Waals surface area (Å²) in [5.41, 5.74) is 5.58. The number of nitrogens with zero attached hydrogens (tertiary/aromatic N) is 6. The van der Waals surface area contributed by atoms with Gasteiger partial charge in [0.2, 0.25) is 0 Å². The molecule has 0 amide bonds. The number of ether oxygens (including phenoxy) is 1. The molecular formula is C23H26N6O. The van der Waals surface area contributed by atoms with Crippen LogP contribution in [0.4, 0.5) is 11.5 Å². The van der Waals surface area contributed by atoms with Gasteiger partial charge in [0.15, 0.2) is 11.5 Å². The summed E-state index contributed by atoms with van der Waals surface area (Å²) in [6.07, 6.45) is 1.68. The predicted molar refractivity (Wildman–Crippen MR) is 120 cm³/mol. The van der Waals surface area contributed by atoms with Crippen LogP contribution in [0.15, 0.2) is 54.9 Å². The van der Waals surface area contributed by atoms with E-state index in [1.54, 1.807) is 13.4 Å². The minimum Gasteiger partial charge on any atom is -0.495 e. The Morgan fingerprint density at radius 3 is 2.23 bits per heavy atom. The number of methoxy groups -OCH3 is 1. The number of piperazine rings is 1. The lowest BCUT2D eigenvalue weighted by Gasteiger charge is -2.38. The molecule has 3 heterocycles. The zero-order valence-electron chi connectivity index (χ0n) is 17.6. The molecule has 0 atom stereocenters. The predicted octanol–water partition coefficient (Wildman–Crippen LogP) is 3.40. The molecule has 0 N–H and O–H groups in total. The summed E-state index contributed by atoms with van der Waals surface area (Å²) >= 11 is 0. The van der Waals surface area contributed by atoms with Crippen LogP contribution >= 0.6 is 0 Å². The van der Waals surface area contributed by atoms with E-state index in [4.69, 9.17) is 4.74 Å². The minimum atomic E-state index is 0.902. The third kappa shape index (κ3) is 2.89. The van der Waals surface area contributed by atoms with Gasteiger partial charge in [-0.2, -0.15) is 0 Å². The Morgan fingerprint density at radius 1 is 0.833 bits per heavy atom. The molecule has 0 unspecified atom stereocenters. The molecule has 4 aromatic rings. The van der Waals surface area contributed by atoms with Crippen LogP contribution in [0.3, 0.4) is 0 Å². The molecule has 7 nitrogen and oxygen atoms in total. The standard InChI is InChI=1S/C23H26N6O/c1-17-8-4-5-9-18(17)29-23-21(26(29)2)22(24-16-25-23)28-14-12-27(13-15-28)19-10-6-7-11-20(19)30-3/h4-11,16H,12-15H2,1-3H3. The molecule has 0 aliphatic carbocycles. The van der Waals surface area contributed by atoms with Crippen molar-refractivity contribution in [2.24, 2.45) is 7.05 Å². The van der Waals surface area contributed by atoms with Crippen molar-refractivity contribution in [3.63, 3.8) is 0 Å². The molecule has 0 bridgehead atoms. The number of fused-ring (bicyclic) bond motifs is 1. The summed E-state index contributed by atoms with van der Waals surface area (Å²) in [4.78, 5) is 14.0. The first-order chi connectivity index (χ1) is 14.7. The van der Waals surface area contributed by atoms with E-state index in [0.717, 1.165) is 60.3 Å². The summed E-state index contributed by atoms with van der Waals surface area (Å²) < 4.78 is 9.85. The Balaban J connectivity index is 1.42. The molecule has 1 fully saturated rings. The molecular weight excluding hydrogens is 376 g/mol. The SMILES string of the molecule is COc1ccccc1N1CCN(c2ncnc3c2n(C)n3-c2ccccc2C)CC1. The topological polar surface area (TPSA) is 51.4 Å². The van der Waals surface area contributed by atoms with Crippen LogP contribution in [0.5, 0.6) is 5.75 Å². The number of aryl methyl sites for hydroxylation is 2. The van der Waals surface area contributed by atoms with Gasteiger partial charge in [0, 0.05) is 33.2 Å². The van der Waals surface area contributed by atoms with E-state index >= 15 is 0 Å². The first-order valence-electron chi connectivity index (χ1n) is 10.3. The maximum atomic E-state index is 5.54. The maximum Gasteiger partial charge on any atom is 0.183 e. The smallest absolute Gasteiger partial charge is 0.183 e. The number of hydrogen-bond donors (Lipinski definition) is 0. The normalized spacial score (nSPS) is 14.5. The van der Waals surface area contributed by atoms with E-state index in [9.17, 15) is 0 Å². The Hall–Kier alpha value is -3.48. The van der Waals surface area contributed by atoms with E-state index in [1.807, 2.05) is 12.1 Å². The van der Waals surface area contributed by atoms with E-state index in [-0.39, 0.29) is 0 Å². The first kappa shape index (κ1) is 18.5. The average Bonchev–Trinajstić information content (AvgIpc) is 2.80. The summed E-state index contributed by atoms with van der Waals surface area (Å²) in [7, 11) is 3.80. The molecule has 7 heteroatoms. The number of hydrogen-bond acceptors (Lipinski definition) is 5. The van der Waals surface area contributed by atoms with Crippen molar-refractivity contribution in [2.45, 2.75) is 6.92 Å². The highest BCUT2D eigenvalue weighted by molar-refractivity contribution is 5.87. The molecule has 30 heavy (non-hydrogen) atoms. The van der Waals surface area contributed by atoms with E-state index in [2.05, 4.69) is 79.5 Å². The average molecular weight is 403 g/mol. The van der Waals surface area contributed by atoms with Crippen molar-refractivity contribution < 1.29 is 4.74 Å². The quantitative estimate of drug-likeness (QED) is 0.524. The van der Waals surface area contributed by atoms with E-state index in [0.29, 0.717) is 0 Å². The van der Waals surface area contributed by atoms with Gasteiger partial charge in [0.1, 0.15) is 17.6 Å². The minimum absolute atomic E-state index is 0.902. The largest absolute Gasteiger partial charge is 0.495 e. The molecule has 1 aliphatic heterocycles. The number of rotatable bonds is 4. The summed E-state index contributed by atoms with van der Waals surface area (Å²) in [6, 6.07) is 16.6. The van der Waals surface area contributed by atoms with Crippen LogP contribution in [0.2, 0.25) is 0 Å². The molecule has 0 saturated carbocycles. The van der Waals surface area contributed by atoms with Crippen LogP contribution in [-0.2, 0) is 7.05 Å². The molecule has 2 aromatic carbocycles. The van der Waals surface area contributed by atoms with Gasteiger partial charge >= 0.3 is 0 Å². The highest BCUT2D eigenvalue weighted by Gasteiger charge is 2.26. The third-order valence-corrected chi connectivity index (χ3v) is 5.96. The van der Waals surface area contributed by atoms with Crippen LogP contribution < -0.4 is 14.5 Å². The van der Waals surface area contributed by atoms with Gasteiger partial charge in [0.05, 0.1) is 18.5 Å². The molecule has 2 aromatic heterocycles. The van der Waals surface area contributed by atoms with Gasteiger partial charge in [-0.3, -0.25) is 4.68 Å². The van der Waals surface area contributed by atoms with Gasteiger partial charge in [-0.15, -0.1) is 0 Å². The van der Waals surface area contributed by atoms with Crippen molar-refractivity contribution in [3.8, 4) is 11.4 Å². The lowest BCUT2D eigenvalue weighted by molar-refractivity contribution is 0.413. The Kier molecular flexibility index (Phi) is 4.58. The van der Waals surface area contributed by atoms with Crippen LogP contribution in [0.1, 0.15) is 5.56 Å². The zero-order valence-corrected chi connectivity index (χ0v) is 17.6. The number of benzene rings is 2. The van der Waals surface area contributed by atoms with E-state index < -0.39 is 0 Å². The van der Waals surface area contributed by atoms with Crippen LogP contribution in [0.25, 0.3) is 16.9 Å². The lowest BCUT2D eigenvalue weighted by Crippen LogP contribution is -2.47. The molecule has 5 rings (SSSR count). The van der Waals surface area contributed by atoms with Crippen LogP contribution in [0, 0.1) is 6.92 Å². The maximum absolute atomic E-state index is 5.54. The Labute approximate surface area is 176 Å². The summed E-state index contributed by atoms with van der Waals surface area (Å²) in [6.45, 7) is 5.77. The second kappa shape index (κ2) is 7.40. The fraction of sp³-hybridized carbons (Fsp3) is 0.304. The number of anilines is 2. The zero-order chi connectivity index (χ0) is 20.7. The molecule has 0 radical (unpaired) electrons. The van der Waals surface area contributed by atoms with Gasteiger partial charge < -0.3 is 14.5 Å². The summed E-state index contributed by atoms with van der Waals surface area (Å²) in [5.74, 6) is 1.93. The third-order valence-electron chi connectivity index (χ3n) is 5.96. The highest BCUT2D eigenvalue weighted by atomic mass is 16.5. The lowest BCUT2D eigenvalue weighted by atomic mass is 10.2. The second-order valence-electron chi connectivity index (χ2n) is 7.64. The number of para-hydroxylation sites is 3. The van der Waals surface area contributed by atoms with Crippen molar-refractivity contribution in [3.05, 3.63) is 60.4 Å². The highest BCUT2D eigenvalue weighted by Crippen LogP contribution is 2.32. The van der Waals surface area contributed by atoms with Crippen molar-refractivity contribution in [1.82, 2.24) is 19.3 Å². The van der Waals surface area contributed by atoms with Crippen molar-refractivity contribution in [2.75, 3.05) is 43.1 Å².